The van der Waals surface area contributed by atoms with Crippen LogP contribution in [0.3, 0.4) is 0 Å². The quantitative estimate of drug-likeness (QED) is 0.764. The van der Waals surface area contributed by atoms with Crippen molar-refractivity contribution in [3.8, 4) is 17.2 Å². The van der Waals surface area contributed by atoms with Crippen LogP contribution < -0.4 is 19.9 Å². The molecule has 0 aliphatic carbocycles. The van der Waals surface area contributed by atoms with E-state index in [1.165, 1.54) is 21.3 Å². The number of benzene rings is 1. The minimum atomic E-state index is -0.322. The topological polar surface area (TPSA) is 81.6 Å². The van der Waals surface area contributed by atoms with Gasteiger partial charge in [-0.1, -0.05) is 0 Å². The van der Waals surface area contributed by atoms with E-state index in [0.29, 0.717) is 17.2 Å². The molecule has 0 saturated carbocycles. The van der Waals surface area contributed by atoms with E-state index < -0.39 is 0 Å². The number of carbonyl (C=O) groups is 1. The van der Waals surface area contributed by atoms with Gasteiger partial charge in [-0.15, -0.1) is 0 Å². The lowest BCUT2D eigenvalue weighted by Crippen LogP contribution is -2.54. The number of hydrogen-bond donors (Lipinski definition) is 1. The van der Waals surface area contributed by atoms with Crippen LogP contribution in [-0.4, -0.2) is 34.4 Å². The number of rotatable bonds is 6. The Morgan fingerprint density at radius 3 is 2.21 bits per heavy atom. The van der Waals surface area contributed by atoms with E-state index in [1.54, 1.807) is 19.2 Å². The second-order valence-corrected chi connectivity index (χ2v) is 3.90. The van der Waals surface area contributed by atoms with Crippen LogP contribution in [0.1, 0.15) is 18.0 Å². The van der Waals surface area contributed by atoms with E-state index in [4.69, 9.17) is 14.2 Å². The van der Waals surface area contributed by atoms with Crippen molar-refractivity contribution in [3.05, 3.63) is 17.7 Å². The van der Waals surface area contributed by atoms with Gasteiger partial charge in [0.25, 0.3) is 0 Å². The molecule has 0 radical (unpaired) electrons. The first kappa shape index (κ1) is 15.1. The molecule has 0 amide bonds. The van der Waals surface area contributed by atoms with Gasteiger partial charge in [-0.05, 0) is 12.1 Å². The molecule has 0 heterocycles. The van der Waals surface area contributed by atoms with Crippen molar-refractivity contribution in [2.75, 3.05) is 28.4 Å². The molecule has 0 fully saturated rings. The zero-order valence-corrected chi connectivity index (χ0v) is 11.7. The first-order valence-electron chi connectivity index (χ1n) is 5.77. The normalized spacial score (nSPS) is 11.6. The molecule has 0 aliphatic heterocycles. The van der Waals surface area contributed by atoms with Gasteiger partial charge in [0.2, 0.25) is 5.75 Å². The third-order valence-corrected chi connectivity index (χ3v) is 2.82. The maximum absolute atomic E-state index is 11.3. The molecule has 0 unspecified atom stereocenters. The lowest BCUT2D eigenvalue weighted by Gasteiger charge is -2.17. The van der Waals surface area contributed by atoms with E-state index in [0.717, 1.165) is 5.56 Å². The molecule has 0 aromatic heterocycles. The summed E-state index contributed by atoms with van der Waals surface area (Å²) in [7, 11) is 5.96. The zero-order chi connectivity index (χ0) is 14.4. The lowest BCUT2D eigenvalue weighted by molar-refractivity contribution is -0.426. The standard InChI is InChI=1S/C13H19NO5/c1-16-10-6-5-8(9(14)7-11(15)17-2)12(18-3)13(10)19-4/h5-6,9H,7,14H2,1-4H3/p+1/t9-/m0/s1. The summed E-state index contributed by atoms with van der Waals surface area (Å²) in [5, 5.41) is 0. The van der Waals surface area contributed by atoms with Crippen LogP contribution in [0.5, 0.6) is 17.2 Å². The average molecular weight is 270 g/mol. The first-order valence-corrected chi connectivity index (χ1v) is 5.77. The average Bonchev–Trinajstić information content (AvgIpc) is 2.44. The Hall–Kier alpha value is -1.95. The van der Waals surface area contributed by atoms with Crippen molar-refractivity contribution in [2.24, 2.45) is 0 Å². The fraction of sp³-hybridized carbons (Fsp3) is 0.462. The molecule has 0 spiro atoms. The Labute approximate surface area is 112 Å². The Bertz CT molecular complexity index is 447. The van der Waals surface area contributed by atoms with E-state index in [1.807, 2.05) is 0 Å². The largest absolute Gasteiger partial charge is 0.493 e. The highest BCUT2D eigenvalue weighted by Crippen LogP contribution is 2.41. The minimum absolute atomic E-state index is 0.169. The SMILES string of the molecule is COC(=O)C[C@H]([NH3+])c1ccc(OC)c(OC)c1OC. The van der Waals surface area contributed by atoms with Gasteiger partial charge in [0.15, 0.2) is 11.5 Å². The van der Waals surface area contributed by atoms with E-state index in [9.17, 15) is 4.79 Å². The Morgan fingerprint density at radius 2 is 1.74 bits per heavy atom. The van der Waals surface area contributed by atoms with Crippen LogP contribution in [0.4, 0.5) is 0 Å². The summed E-state index contributed by atoms with van der Waals surface area (Å²) in [5.41, 5.74) is 4.73. The van der Waals surface area contributed by atoms with Crippen LogP contribution in [0, 0.1) is 0 Å². The van der Waals surface area contributed by atoms with Gasteiger partial charge in [-0.3, -0.25) is 4.79 Å². The molecule has 3 N–H and O–H groups in total. The van der Waals surface area contributed by atoms with Crippen molar-refractivity contribution < 1.29 is 29.5 Å². The number of hydrogen-bond acceptors (Lipinski definition) is 5. The fourth-order valence-corrected chi connectivity index (χ4v) is 1.84. The van der Waals surface area contributed by atoms with Crippen molar-refractivity contribution in [3.63, 3.8) is 0 Å². The highest BCUT2D eigenvalue weighted by atomic mass is 16.5. The van der Waals surface area contributed by atoms with Gasteiger partial charge in [0.05, 0.1) is 34.0 Å². The maximum atomic E-state index is 11.3. The fourth-order valence-electron chi connectivity index (χ4n) is 1.84. The van der Waals surface area contributed by atoms with Crippen LogP contribution in [0.15, 0.2) is 12.1 Å². The molecular formula is C13H20NO5+. The van der Waals surface area contributed by atoms with Gasteiger partial charge in [0.1, 0.15) is 12.5 Å². The molecule has 6 heteroatoms. The second-order valence-electron chi connectivity index (χ2n) is 3.90. The summed E-state index contributed by atoms with van der Waals surface area (Å²) in [4.78, 5) is 11.3. The molecule has 1 aromatic carbocycles. The first-order chi connectivity index (χ1) is 9.08. The van der Waals surface area contributed by atoms with E-state index in [2.05, 4.69) is 10.5 Å². The van der Waals surface area contributed by atoms with Gasteiger partial charge in [-0.2, -0.15) is 0 Å². The van der Waals surface area contributed by atoms with Gasteiger partial charge in [-0.25, -0.2) is 0 Å². The predicted octanol–water partition coefficient (Wildman–Crippen LogP) is 0.559. The van der Waals surface area contributed by atoms with Crippen LogP contribution in [-0.2, 0) is 9.53 Å². The second kappa shape index (κ2) is 6.84. The number of ether oxygens (including phenoxy) is 4. The molecule has 1 atom stereocenters. The van der Waals surface area contributed by atoms with Gasteiger partial charge in [0, 0.05) is 0 Å². The summed E-state index contributed by atoms with van der Waals surface area (Å²) >= 11 is 0. The molecule has 1 rings (SSSR count). The number of quaternary nitrogens is 1. The number of carbonyl (C=O) groups excluding carboxylic acids is 1. The zero-order valence-electron chi connectivity index (χ0n) is 11.7. The summed E-state index contributed by atoms with van der Waals surface area (Å²) in [6.45, 7) is 0. The highest BCUT2D eigenvalue weighted by Gasteiger charge is 2.24. The predicted molar refractivity (Wildman–Crippen MR) is 68.4 cm³/mol. The number of methoxy groups -OCH3 is 4. The Kier molecular flexibility index (Phi) is 5.44. The van der Waals surface area contributed by atoms with Gasteiger partial charge < -0.3 is 24.7 Å². The summed E-state index contributed by atoms with van der Waals surface area (Å²) in [6.07, 6.45) is 0.169. The van der Waals surface area contributed by atoms with Crippen LogP contribution >= 0.6 is 0 Å². The molecule has 0 aliphatic rings. The monoisotopic (exact) mass is 270 g/mol. The molecule has 1 aromatic rings. The molecule has 0 bridgehead atoms. The summed E-state index contributed by atoms with van der Waals surface area (Å²) in [6, 6.07) is 3.27. The Morgan fingerprint density at radius 1 is 1.11 bits per heavy atom. The molecule has 19 heavy (non-hydrogen) atoms. The molecule has 6 nitrogen and oxygen atoms in total. The summed E-state index contributed by atoms with van der Waals surface area (Å²) in [5.74, 6) is 1.25. The highest BCUT2D eigenvalue weighted by molar-refractivity contribution is 5.70. The molecular weight excluding hydrogens is 250 g/mol. The van der Waals surface area contributed by atoms with E-state index in [-0.39, 0.29) is 18.4 Å². The van der Waals surface area contributed by atoms with Crippen molar-refractivity contribution >= 4 is 5.97 Å². The summed E-state index contributed by atoms with van der Waals surface area (Å²) < 4.78 is 20.5. The van der Waals surface area contributed by atoms with Crippen LogP contribution in [0.25, 0.3) is 0 Å². The third kappa shape index (κ3) is 3.29. The minimum Gasteiger partial charge on any atom is -0.493 e. The van der Waals surface area contributed by atoms with Crippen molar-refractivity contribution in [1.82, 2.24) is 0 Å². The molecule has 0 saturated heterocycles. The number of esters is 1. The van der Waals surface area contributed by atoms with Gasteiger partial charge >= 0.3 is 5.97 Å². The van der Waals surface area contributed by atoms with Crippen molar-refractivity contribution in [1.29, 1.82) is 0 Å². The third-order valence-electron chi connectivity index (χ3n) is 2.82. The maximum Gasteiger partial charge on any atom is 0.311 e. The van der Waals surface area contributed by atoms with Crippen molar-refractivity contribution in [2.45, 2.75) is 12.5 Å². The van der Waals surface area contributed by atoms with E-state index >= 15 is 0 Å². The molecule has 106 valence electrons. The smallest absolute Gasteiger partial charge is 0.311 e. The Balaban J connectivity index is 3.17. The van der Waals surface area contributed by atoms with Crippen LogP contribution in [0.2, 0.25) is 0 Å². The lowest BCUT2D eigenvalue weighted by atomic mass is 10.0.